The third-order valence-electron chi connectivity index (χ3n) is 2.64. The lowest BCUT2D eigenvalue weighted by Gasteiger charge is -2.11. The van der Waals surface area contributed by atoms with Gasteiger partial charge in [-0.3, -0.25) is 0 Å². The minimum atomic E-state index is -0.0266. The number of aromatic nitrogens is 2. The van der Waals surface area contributed by atoms with E-state index in [4.69, 9.17) is 5.73 Å². The maximum absolute atomic E-state index is 6.11. The predicted octanol–water partition coefficient (Wildman–Crippen LogP) is 2.52. The molecule has 2 N–H and O–H groups in total. The average molecular weight is 247 g/mol. The summed E-state index contributed by atoms with van der Waals surface area (Å²) in [5.74, 6) is 1.78. The molecule has 0 aliphatic carbocycles. The SMILES string of the molecule is Cc1ccc(SCC(N)c2nccn2C)cc1. The van der Waals surface area contributed by atoms with Crippen LogP contribution < -0.4 is 5.73 Å². The zero-order valence-electron chi connectivity index (χ0n) is 10.1. The molecule has 1 atom stereocenters. The third-order valence-corrected chi connectivity index (χ3v) is 3.77. The molecule has 1 aromatic heterocycles. The van der Waals surface area contributed by atoms with E-state index in [0.29, 0.717) is 0 Å². The summed E-state index contributed by atoms with van der Waals surface area (Å²) >= 11 is 1.77. The first kappa shape index (κ1) is 12.2. The van der Waals surface area contributed by atoms with Gasteiger partial charge in [0.25, 0.3) is 0 Å². The molecule has 0 radical (unpaired) electrons. The number of nitrogens with zero attached hydrogens (tertiary/aromatic N) is 2. The fraction of sp³-hybridized carbons (Fsp3) is 0.308. The van der Waals surface area contributed by atoms with Gasteiger partial charge in [-0.15, -0.1) is 11.8 Å². The Kier molecular flexibility index (Phi) is 3.86. The molecule has 90 valence electrons. The van der Waals surface area contributed by atoms with Gasteiger partial charge in [0.15, 0.2) is 0 Å². The van der Waals surface area contributed by atoms with E-state index in [1.807, 2.05) is 17.8 Å². The minimum absolute atomic E-state index is 0.0266. The topological polar surface area (TPSA) is 43.8 Å². The van der Waals surface area contributed by atoms with Crippen LogP contribution in [0.25, 0.3) is 0 Å². The monoisotopic (exact) mass is 247 g/mol. The summed E-state index contributed by atoms with van der Waals surface area (Å²) in [6, 6.07) is 8.47. The summed E-state index contributed by atoms with van der Waals surface area (Å²) in [7, 11) is 1.97. The molecule has 2 rings (SSSR count). The molecule has 0 spiro atoms. The third kappa shape index (κ3) is 3.11. The quantitative estimate of drug-likeness (QED) is 0.844. The van der Waals surface area contributed by atoms with E-state index >= 15 is 0 Å². The lowest BCUT2D eigenvalue weighted by atomic mass is 10.2. The molecular formula is C13H17N3S. The highest BCUT2D eigenvalue weighted by Gasteiger charge is 2.10. The normalized spacial score (nSPS) is 12.6. The standard InChI is InChI=1S/C13H17N3S/c1-10-3-5-11(6-4-10)17-9-12(14)13-15-7-8-16(13)2/h3-8,12H,9,14H2,1-2H3. The maximum Gasteiger partial charge on any atom is 0.126 e. The van der Waals surface area contributed by atoms with Crippen LogP contribution in [0.15, 0.2) is 41.6 Å². The predicted molar refractivity (Wildman–Crippen MR) is 72.0 cm³/mol. The van der Waals surface area contributed by atoms with E-state index in [-0.39, 0.29) is 6.04 Å². The van der Waals surface area contributed by atoms with Crippen molar-refractivity contribution < 1.29 is 0 Å². The number of aryl methyl sites for hydroxylation is 2. The van der Waals surface area contributed by atoms with E-state index in [1.54, 1.807) is 18.0 Å². The molecule has 0 fully saturated rings. The fourth-order valence-electron chi connectivity index (χ4n) is 1.63. The molecule has 0 bridgehead atoms. The maximum atomic E-state index is 6.11. The van der Waals surface area contributed by atoms with Gasteiger partial charge in [0.1, 0.15) is 5.82 Å². The number of hydrogen-bond acceptors (Lipinski definition) is 3. The van der Waals surface area contributed by atoms with E-state index in [0.717, 1.165) is 11.6 Å². The average Bonchev–Trinajstić information content (AvgIpc) is 2.74. The van der Waals surface area contributed by atoms with Crippen LogP contribution in [0.2, 0.25) is 0 Å². The van der Waals surface area contributed by atoms with Crippen LogP contribution in [0.5, 0.6) is 0 Å². The molecule has 2 aromatic rings. The van der Waals surface area contributed by atoms with Crippen molar-refractivity contribution in [1.29, 1.82) is 0 Å². The van der Waals surface area contributed by atoms with Crippen LogP contribution in [-0.4, -0.2) is 15.3 Å². The van der Waals surface area contributed by atoms with Crippen LogP contribution in [-0.2, 0) is 7.05 Å². The second-order valence-electron chi connectivity index (χ2n) is 4.13. The van der Waals surface area contributed by atoms with Gasteiger partial charge in [0, 0.05) is 30.1 Å². The van der Waals surface area contributed by atoms with Crippen molar-refractivity contribution in [2.24, 2.45) is 12.8 Å². The fourth-order valence-corrected chi connectivity index (χ4v) is 2.48. The summed E-state index contributed by atoms with van der Waals surface area (Å²) in [5, 5.41) is 0. The number of thioether (sulfide) groups is 1. The highest BCUT2D eigenvalue weighted by molar-refractivity contribution is 7.99. The Morgan fingerprint density at radius 3 is 2.65 bits per heavy atom. The number of nitrogens with two attached hydrogens (primary N) is 1. The molecule has 1 unspecified atom stereocenters. The van der Waals surface area contributed by atoms with E-state index in [2.05, 4.69) is 36.2 Å². The van der Waals surface area contributed by atoms with Crippen molar-refractivity contribution in [2.45, 2.75) is 17.9 Å². The number of benzene rings is 1. The number of imidazole rings is 1. The zero-order valence-corrected chi connectivity index (χ0v) is 10.9. The second kappa shape index (κ2) is 5.38. The molecule has 17 heavy (non-hydrogen) atoms. The highest BCUT2D eigenvalue weighted by atomic mass is 32.2. The number of hydrogen-bond donors (Lipinski definition) is 1. The van der Waals surface area contributed by atoms with Crippen LogP contribution in [0.4, 0.5) is 0 Å². The summed E-state index contributed by atoms with van der Waals surface area (Å²) in [6.07, 6.45) is 3.71. The Bertz CT molecular complexity index is 476. The summed E-state index contributed by atoms with van der Waals surface area (Å²) < 4.78 is 1.97. The van der Waals surface area contributed by atoms with Crippen LogP contribution in [0.3, 0.4) is 0 Å². The Balaban J connectivity index is 1.94. The molecule has 0 aliphatic rings. The van der Waals surface area contributed by atoms with Gasteiger partial charge in [-0.05, 0) is 19.1 Å². The van der Waals surface area contributed by atoms with Crippen LogP contribution >= 0.6 is 11.8 Å². The second-order valence-corrected chi connectivity index (χ2v) is 5.22. The Morgan fingerprint density at radius 1 is 1.35 bits per heavy atom. The van der Waals surface area contributed by atoms with Gasteiger partial charge in [-0.1, -0.05) is 17.7 Å². The molecule has 4 heteroatoms. The van der Waals surface area contributed by atoms with Gasteiger partial charge >= 0.3 is 0 Å². The van der Waals surface area contributed by atoms with Crippen molar-refractivity contribution in [3.8, 4) is 0 Å². The lowest BCUT2D eigenvalue weighted by Crippen LogP contribution is -2.17. The van der Waals surface area contributed by atoms with Crippen molar-refractivity contribution in [3.05, 3.63) is 48.0 Å². The Labute approximate surface area is 106 Å². The van der Waals surface area contributed by atoms with Crippen molar-refractivity contribution in [2.75, 3.05) is 5.75 Å². The molecular weight excluding hydrogens is 230 g/mol. The first-order valence-electron chi connectivity index (χ1n) is 5.59. The molecule has 3 nitrogen and oxygen atoms in total. The Hall–Kier alpha value is -1.26. The number of rotatable bonds is 4. The van der Waals surface area contributed by atoms with Crippen molar-refractivity contribution in [1.82, 2.24) is 9.55 Å². The lowest BCUT2D eigenvalue weighted by molar-refractivity contribution is 0.694. The van der Waals surface area contributed by atoms with Crippen LogP contribution in [0.1, 0.15) is 17.4 Å². The first-order valence-corrected chi connectivity index (χ1v) is 6.57. The molecule has 1 aromatic carbocycles. The summed E-state index contributed by atoms with van der Waals surface area (Å²) in [6.45, 7) is 2.09. The van der Waals surface area contributed by atoms with Gasteiger partial charge in [0.05, 0.1) is 6.04 Å². The smallest absolute Gasteiger partial charge is 0.126 e. The van der Waals surface area contributed by atoms with E-state index in [9.17, 15) is 0 Å². The highest BCUT2D eigenvalue weighted by Crippen LogP contribution is 2.22. The van der Waals surface area contributed by atoms with Gasteiger partial charge in [0.2, 0.25) is 0 Å². The van der Waals surface area contributed by atoms with Gasteiger partial charge in [-0.25, -0.2) is 4.98 Å². The zero-order chi connectivity index (χ0) is 12.3. The molecule has 0 amide bonds. The summed E-state index contributed by atoms with van der Waals surface area (Å²) in [5.41, 5.74) is 7.39. The van der Waals surface area contributed by atoms with E-state index < -0.39 is 0 Å². The van der Waals surface area contributed by atoms with Gasteiger partial charge < -0.3 is 10.3 Å². The largest absolute Gasteiger partial charge is 0.337 e. The van der Waals surface area contributed by atoms with Crippen molar-refractivity contribution >= 4 is 11.8 Å². The Morgan fingerprint density at radius 2 is 2.06 bits per heavy atom. The van der Waals surface area contributed by atoms with Gasteiger partial charge in [-0.2, -0.15) is 0 Å². The van der Waals surface area contributed by atoms with Crippen molar-refractivity contribution in [3.63, 3.8) is 0 Å². The molecule has 0 aliphatic heterocycles. The first-order chi connectivity index (χ1) is 8.16. The minimum Gasteiger partial charge on any atom is -0.337 e. The molecule has 1 heterocycles. The summed E-state index contributed by atoms with van der Waals surface area (Å²) in [4.78, 5) is 5.52. The van der Waals surface area contributed by atoms with Crippen LogP contribution in [0, 0.1) is 6.92 Å². The van der Waals surface area contributed by atoms with E-state index in [1.165, 1.54) is 10.5 Å². The molecule has 0 saturated heterocycles. The molecule has 0 saturated carbocycles.